The number of carbonyl (C=O) groups excluding carboxylic acids is 3. The molecule has 0 saturated heterocycles. The molecule has 0 unspecified atom stereocenters. The third kappa shape index (κ3) is 4.48. The van der Waals surface area contributed by atoms with Crippen LogP contribution < -0.4 is 15.5 Å². The lowest BCUT2D eigenvalue weighted by Crippen LogP contribution is -2.32. The fourth-order valence-corrected chi connectivity index (χ4v) is 4.09. The first-order valence-electron chi connectivity index (χ1n) is 11.2. The van der Waals surface area contributed by atoms with Crippen LogP contribution in [0.25, 0.3) is 5.57 Å². The van der Waals surface area contributed by atoms with Crippen LogP contribution >= 0.6 is 0 Å². The molecule has 1 aliphatic rings. The van der Waals surface area contributed by atoms with Crippen LogP contribution in [-0.2, 0) is 20.8 Å². The summed E-state index contributed by atoms with van der Waals surface area (Å²) < 4.78 is 0. The Morgan fingerprint density at radius 2 is 1.50 bits per heavy atom. The summed E-state index contributed by atoms with van der Waals surface area (Å²) in [5.74, 6) is -0.935. The van der Waals surface area contributed by atoms with Crippen LogP contribution in [0.3, 0.4) is 0 Å². The first kappa shape index (κ1) is 23.0. The lowest BCUT2D eigenvalue weighted by Gasteiger charge is -2.16. The molecule has 0 radical (unpaired) electrons. The highest BCUT2D eigenvalue weighted by Crippen LogP contribution is 2.35. The van der Waals surface area contributed by atoms with E-state index in [4.69, 9.17) is 0 Å². The molecule has 0 bridgehead atoms. The number of anilines is 3. The molecular weight excluding hydrogens is 426 g/mol. The molecule has 3 amide bonds. The van der Waals surface area contributed by atoms with Crippen molar-refractivity contribution >= 4 is 40.4 Å². The van der Waals surface area contributed by atoms with Gasteiger partial charge in [0, 0.05) is 18.3 Å². The first-order chi connectivity index (χ1) is 16.3. The van der Waals surface area contributed by atoms with Crippen molar-refractivity contribution in [1.29, 1.82) is 0 Å². The Balaban J connectivity index is 1.77. The lowest BCUT2D eigenvalue weighted by atomic mass is 9.97. The minimum atomic E-state index is -0.407. The SMILES string of the molecule is CCc1ccc(N2C(=O)C(Nc3ccc(NC(C)=O)cc3)=C(c3ccc(C)cc3C)C2=O)cc1. The molecule has 6 heteroatoms. The van der Waals surface area contributed by atoms with E-state index in [0.29, 0.717) is 28.2 Å². The van der Waals surface area contributed by atoms with Crippen molar-refractivity contribution in [2.24, 2.45) is 0 Å². The van der Waals surface area contributed by atoms with Crippen molar-refractivity contribution in [2.45, 2.75) is 34.1 Å². The average Bonchev–Trinajstić information content (AvgIpc) is 3.04. The number of rotatable bonds is 6. The molecule has 6 nitrogen and oxygen atoms in total. The Kier molecular flexibility index (Phi) is 6.32. The fourth-order valence-electron chi connectivity index (χ4n) is 4.09. The summed E-state index contributed by atoms with van der Waals surface area (Å²) in [4.78, 5) is 39.7. The number of benzene rings is 3. The largest absolute Gasteiger partial charge is 0.350 e. The second-order valence-corrected chi connectivity index (χ2v) is 8.42. The maximum absolute atomic E-state index is 13.6. The maximum Gasteiger partial charge on any atom is 0.282 e. The summed E-state index contributed by atoms with van der Waals surface area (Å²) in [6.07, 6.45) is 0.871. The van der Waals surface area contributed by atoms with Gasteiger partial charge < -0.3 is 10.6 Å². The van der Waals surface area contributed by atoms with Crippen LogP contribution in [0.4, 0.5) is 17.1 Å². The molecule has 1 heterocycles. The molecule has 0 aromatic heterocycles. The number of aryl methyl sites for hydroxylation is 3. The van der Waals surface area contributed by atoms with Gasteiger partial charge in [0.2, 0.25) is 5.91 Å². The van der Waals surface area contributed by atoms with Crippen LogP contribution in [0.1, 0.15) is 36.1 Å². The number of carbonyl (C=O) groups is 3. The standard InChI is InChI=1S/C28H27N3O3/c1-5-20-7-13-23(14-8-20)31-27(33)25(24-15-6-17(2)16-18(24)3)26(28(31)34)30-22-11-9-21(10-12-22)29-19(4)32/h6-16,30H,5H2,1-4H3,(H,29,32). The molecule has 0 fully saturated rings. The van der Waals surface area contributed by atoms with Gasteiger partial charge in [0.05, 0.1) is 11.3 Å². The molecule has 2 N–H and O–H groups in total. The molecule has 4 rings (SSSR count). The minimum Gasteiger partial charge on any atom is -0.350 e. The van der Waals surface area contributed by atoms with Crippen molar-refractivity contribution in [1.82, 2.24) is 0 Å². The highest BCUT2D eigenvalue weighted by atomic mass is 16.2. The highest BCUT2D eigenvalue weighted by molar-refractivity contribution is 6.46. The van der Waals surface area contributed by atoms with Crippen molar-refractivity contribution in [2.75, 3.05) is 15.5 Å². The van der Waals surface area contributed by atoms with Crippen molar-refractivity contribution < 1.29 is 14.4 Å². The normalized spacial score (nSPS) is 13.5. The van der Waals surface area contributed by atoms with Crippen LogP contribution in [-0.4, -0.2) is 17.7 Å². The zero-order valence-corrected chi connectivity index (χ0v) is 19.7. The quantitative estimate of drug-likeness (QED) is 0.502. The Labute approximate surface area is 199 Å². The van der Waals surface area contributed by atoms with Gasteiger partial charge >= 0.3 is 0 Å². The molecule has 0 atom stereocenters. The Morgan fingerprint density at radius 3 is 2.09 bits per heavy atom. The van der Waals surface area contributed by atoms with Gasteiger partial charge in [-0.3, -0.25) is 14.4 Å². The van der Waals surface area contributed by atoms with E-state index < -0.39 is 5.91 Å². The number of hydrogen-bond acceptors (Lipinski definition) is 4. The van der Waals surface area contributed by atoms with Crippen LogP contribution in [0, 0.1) is 13.8 Å². The number of hydrogen-bond donors (Lipinski definition) is 2. The fraction of sp³-hybridized carbons (Fsp3) is 0.179. The van der Waals surface area contributed by atoms with Gasteiger partial charge in [0.15, 0.2) is 0 Å². The predicted octanol–water partition coefficient (Wildman–Crippen LogP) is 5.22. The summed E-state index contributed by atoms with van der Waals surface area (Å²) >= 11 is 0. The Hall–Kier alpha value is -4.19. The van der Waals surface area contributed by atoms with E-state index in [9.17, 15) is 14.4 Å². The summed E-state index contributed by atoms with van der Waals surface area (Å²) in [5, 5.41) is 5.89. The van der Waals surface area contributed by atoms with E-state index in [2.05, 4.69) is 17.6 Å². The van der Waals surface area contributed by atoms with E-state index in [1.165, 1.54) is 11.8 Å². The monoisotopic (exact) mass is 453 g/mol. The minimum absolute atomic E-state index is 0.165. The van der Waals surface area contributed by atoms with Crippen LogP contribution in [0.5, 0.6) is 0 Å². The van der Waals surface area contributed by atoms with E-state index in [1.807, 2.05) is 44.2 Å². The predicted molar refractivity (Wildman–Crippen MR) is 136 cm³/mol. The second kappa shape index (κ2) is 9.35. The number of nitrogens with zero attached hydrogens (tertiary/aromatic N) is 1. The zero-order valence-electron chi connectivity index (χ0n) is 19.7. The van der Waals surface area contributed by atoms with Gasteiger partial charge in [0.25, 0.3) is 11.8 Å². The van der Waals surface area contributed by atoms with Gasteiger partial charge in [-0.05, 0) is 73.4 Å². The third-order valence-electron chi connectivity index (χ3n) is 5.81. The van der Waals surface area contributed by atoms with Crippen molar-refractivity contribution in [3.8, 4) is 0 Å². The molecule has 0 aliphatic carbocycles. The van der Waals surface area contributed by atoms with E-state index in [-0.39, 0.29) is 17.5 Å². The number of imide groups is 1. The Bertz CT molecular complexity index is 1310. The van der Waals surface area contributed by atoms with E-state index in [0.717, 1.165) is 23.1 Å². The first-order valence-corrected chi connectivity index (χ1v) is 11.2. The molecule has 3 aromatic rings. The van der Waals surface area contributed by atoms with E-state index in [1.54, 1.807) is 36.4 Å². The molecule has 172 valence electrons. The van der Waals surface area contributed by atoms with Gasteiger partial charge in [-0.1, -0.05) is 42.8 Å². The van der Waals surface area contributed by atoms with Crippen molar-refractivity contribution in [3.63, 3.8) is 0 Å². The molecule has 3 aromatic carbocycles. The molecule has 0 saturated carbocycles. The molecular formula is C28H27N3O3. The van der Waals surface area contributed by atoms with Gasteiger partial charge in [-0.15, -0.1) is 0 Å². The van der Waals surface area contributed by atoms with E-state index >= 15 is 0 Å². The number of nitrogens with one attached hydrogen (secondary N) is 2. The van der Waals surface area contributed by atoms with Crippen LogP contribution in [0.15, 0.2) is 72.4 Å². The molecule has 34 heavy (non-hydrogen) atoms. The smallest absolute Gasteiger partial charge is 0.282 e. The summed E-state index contributed by atoms with van der Waals surface area (Å²) in [7, 11) is 0. The maximum atomic E-state index is 13.6. The average molecular weight is 454 g/mol. The van der Waals surface area contributed by atoms with Gasteiger partial charge in [-0.25, -0.2) is 4.90 Å². The highest BCUT2D eigenvalue weighted by Gasteiger charge is 2.40. The number of amides is 3. The van der Waals surface area contributed by atoms with Gasteiger partial charge in [-0.2, -0.15) is 0 Å². The third-order valence-corrected chi connectivity index (χ3v) is 5.81. The van der Waals surface area contributed by atoms with Crippen LogP contribution in [0.2, 0.25) is 0 Å². The Morgan fingerprint density at radius 1 is 0.853 bits per heavy atom. The zero-order chi connectivity index (χ0) is 24.4. The molecule has 1 aliphatic heterocycles. The summed E-state index contributed by atoms with van der Waals surface area (Å²) in [5.41, 5.74) is 6.22. The van der Waals surface area contributed by atoms with Gasteiger partial charge in [0.1, 0.15) is 5.70 Å². The summed E-state index contributed by atoms with van der Waals surface area (Å²) in [6.45, 7) is 7.42. The molecule has 0 spiro atoms. The topological polar surface area (TPSA) is 78.5 Å². The lowest BCUT2D eigenvalue weighted by molar-refractivity contribution is -0.120. The summed E-state index contributed by atoms with van der Waals surface area (Å²) in [6, 6.07) is 20.3. The second-order valence-electron chi connectivity index (χ2n) is 8.42. The van der Waals surface area contributed by atoms with Crippen molar-refractivity contribution in [3.05, 3.63) is 94.7 Å².